The summed E-state index contributed by atoms with van der Waals surface area (Å²) in [5.74, 6) is -3.16. The van der Waals surface area contributed by atoms with Crippen molar-refractivity contribution in [1.82, 2.24) is 14.9 Å². The molecule has 0 N–H and O–H groups in total. The molecule has 2 saturated heterocycles. The first-order chi connectivity index (χ1) is 14.9. The Labute approximate surface area is 178 Å². The third-order valence-corrected chi connectivity index (χ3v) is 5.68. The van der Waals surface area contributed by atoms with E-state index >= 15 is 0 Å². The quantitative estimate of drug-likeness (QED) is 0.685. The number of carbonyl (C=O) groups excluding carboxylic acids is 1. The molecule has 2 unspecified atom stereocenters. The lowest BCUT2D eigenvalue weighted by molar-refractivity contribution is -0.127. The van der Waals surface area contributed by atoms with Gasteiger partial charge >= 0.3 is 5.92 Å². The third kappa shape index (κ3) is 4.06. The molecule has 2 aliphatic heterocycles. The first-order valence-corrected chi connectivity index (χ1v) is 9.93. The van der Waals surface area contributed by atoms with E-state index in [4.69, 9.17) is 10.00 Å². The summed E-state index contributed by atoms with van der Waals surface area (Å²) in [4.78, 5) is 24.5. The Bertz CT molecular complexity index is 1020. The van der Waals surface area contributed by atoms with E-state index in [-0.39, 0.29) is 17.8 Å². The molecule has 9 heteroatoms. The van der Waals surface area contributed by atoms with E-state index < -0.39 is 17.5 Å². The number of nitrogens with zero attached hydrogens (tertiary/aromatic N) is 5. The number of alkyl halides is 2. The van der Waals surface area contributed by atoms with E-state index in [0.29, 0.717) is 24.7 Å². The van der Waals surface area contributed by atoms with Crippen molar-refractivity contribution in [2.45, 2.75) is 30.8 Å². The topological polar surface area (TPSA) is 82.4 Å². The van der Waals surface area contributed by atoms with Crippen molar-refractivity contribution in [2.75, 3.05) is 25.1 Å². The molecule has 2 aromatic rings. The molecular formula is C22H21F2N5O2. The Morgan fingerprint density at radius 1 is 1.26 bits per heavy atom. The Balaban J connectivity index is 1.46. The molecule has 4 heterocycles. The molecule has 2 bridgehead atoms. The largest absolute Gasteiger partial charge is 0.495 e. The number of pyridine rings is 2. The van der Waals surface area contributed by atoms with Crippen molar-refractivity contribution in [2.24, 2.45) is 0 Å². The minimum Gasteiger partial charge on any atom is -0.495 e. The van der Waals surface area contributed by atoms with Crippen LogP contribution < -0.4 is 9.64 Å². The molecule has 0 aliphatic carbocycles. The molecule has 4 rings (SSSR count). The number of aromatic nitrogens is 2. The highest BCUT2D eigenvalue weighted by atomic mass is 19.3. The van der Waals surface area contributed by atoms with Gasteiger partial charge in [0, 0.05) is 43.6 Å². The highest BCUT2D eigenvalue weighted by molar-refractivity contribution is 5.88. The number of allylic oxidation sites excluding steroid dienone is 1. The van der Waals surface area contributed by atoms with Crippen LogP contribution in [0.2, 0.25) is 0 Å². The lowest BCUT2D eigenvalue weighted by Gasteiger charge is -2.41. The van der Waals surface area contributed by atoms with E-state index in [1.165, 1.54) is 31.6 Å². The second kappa shape index (κ2) is 8.30. The fourth-order valence-corrected chi connectivity index (χ4v) is 4.23. The van der Waals surface area contributed by atoms with Gasteiger partial charge in [-0.3, -0.25) is 9.78 Å². The SMILES string of the molecule is COc1cccnc1C(F)(F)/C=C/C(=O)N1CC2CCC(C1)N2c1ccc(C#N)cn1. The number of anilines is 1. The van der Waals surface area contributed by atoms with Gasteiger partial charge in [-0.1, -0.05) is 0 Å². The van der Waals surface area contributed by atoms with E-state index in [1.54, 1.807) is 11.0 Å². The molecular weight excluding hydrogens is 404 g/mol. The standard InChI is InChI=1S/C22H21F2N5O2/c1-31-18-3-2-10-26-21(18)22(23,24)9-8-20(30)28-13-16-5-6-17(14-28)29(16)19-7-4-15(11-25)12-27-19/h2-4,7-10,12,16-17H,5-6,13-14H2,1H3/b9-8+. The third-order valence-electron chi connectivity index (χ3n) is 5.68. The predicted molar refractivity (Wildman–Crippen MR) is 109 cm³/mol. The van der Waals surface area contributed by atoms with Crippen LogP contribution >= 0.6 is 0 Å². The van der Waals surface area contributed by atoms with Gasteiger partial charge in [0.05, 0.1) is 12.7 Å². The summed E-state index contributed by atoms with van der Waals surface area (Å²) >= 11 is 0. The zero-order valence-electron chi connectivity index (χ0n) is 16.9. The molecule has 0 aromatic carbocycles. The number of nitriles is 1. The lowest BCUT2D eigenvalue weighted by atomic mass is 10.1. The molecule has 7 nitrogen and oxygen atoms in total. The van der Waals surface area contributed by atoms with Gasteiger partial charge < -0.3 is 14.5 Å². The van der Waals surface area contributed by atoms with Crippen molar-refractivity contribution < 1.29 is 18.3 Å². The maximum atomic E-state index is 14.6. The predicted octanol–water partition coefficient (Wildman–Crippen LogP) is 2.88. The molecule has 1 amide bonds. The van der Waals surface area contributed by atoms with Gasteiger partial charge in [0.25, 0.3) is 0 Å². The minimum atomic E-state index is -3.44. The number of piperazine rings is 1. The number of fused-ring (bicyclic) bond motifs is 2. The van der Waals surface area contributed by atoms with Crippen LogP contribution in [0.5, 0.6) is 5.75 Å². The summed E-state index contributed by atoms with van der Waals surface area (Å²) in [6, 6.07) is 8.61. The molecule has 0 radical (unpaired) electrons. The van der Waals surface area contributed by atoms with E-state index in [2.05, 4.69) is 14.9 Å². The summed E-state index contributed by atoms with van der Waals surface area (Å²) < 4.78 is 34.2. The van der Waals surface area contributed by atoms with Crippen molar-refractivity contribution in [1.29, 1.82) is 5.26 Å². The number of likely N-dealkylation sites (tertiary alicyclic amines) is 1. The molecule has 160 valence electrons. The summed E-state index contributed by atoms with van der Waals surface area (Å²) in [6.45, 7) is 0.861. The second-order valence-electron chi connectivity index (χ2n) is 7.56. The Hall–Kier alpha value is -3.54. The van der Waals surface area contributed by atoms with Gasteiger partial charge in [-0.25, -0.2) is 4.98 Å². The van der Waals surface area contributed by atoms with Crippen LogP contribution in [0.3, 0.4) is 0 Å². The highest BCUT2D eigenvalue weighted by Gasteiger charge is 2.42. The van der Waals surface area contributed by atoms with Gasteiger partial charge in [-0.15, -0.1) is 0 Å². The second-order valence-corrected chi connectivity index (χ2v) is 7.56. The minimum absolute atomic E-state index is 0.0359. The van der Waals surface area contributed by atoms with Crippen LogP contribution in [0, 0.1) is 11.3 Å². The van der Waals surface area contributed by atoms with E-state index in [9.17, 15) is 13.6 Å². The van der Waals surface area contributed by atoms with E-state index in [1.807, 2.05) is 12.1 Å². The smallest absolute Gasteiger partial charge is 0.312 e. The molecule has 0 saturated carbocycles. The van der Waals surface area contributed by atoms with Crippen molar-refractivity contribution in [3.8, 4) is 11.8 Å². The van der Waals surface area contributed by atoms with Crippen molar-refractivity contribution in [3.63, 3.8) is 0 Å². The van der Waals surface area contributed by atoms with Crippen LogP contribution in [0.1, 0.15) is 24.1 Å². The molecule has 31 heavy (non-hydrogen) atoms. The van der Waals surface area contributed by atoms with Gasteiger partial charge in [-0.05, 0) is 43.2 Å². The van der Waals surface area contributed by atoms with Crippen LogP contribution in [0.4, 0.5) is 14.6 Å². The maximum Gasteiger partial charge on any atom is 0.312 e. The number of amides is 1. The highest BCUT2D eigenvalue weighted by Crippen LogP contribution is 2.36. The summed E-state index contributed by atoms with van der Waals surface area (Å²) in [7, 11) is 1.30. The normalized spacial score (nSPS) is 20.7. The number of carbonyl (C=O) groups is 1. The Kier molecular flexibility index (Phi) is 5.55. The molecule has 2 aromatic heterocycles. The van der Waals surface area contributed by atoms with Crippen LogP contribution in [0.25, 0.3) is 0 Å². The van der Waals surface area contributed by atoms with Gasteiger partial charge in [0.1, 0.15) is 17.6 Å². The fourth-order valence-electron chi connectivity index (χ4n) is 4.23. The van der Waals surface area contributed by atoms with Gasteiger partial charge in [0.15, 0.2) is 5.69 Å². The summed E-state index contributed by atoms with van der Waals surface area (Å²) in [5.41, 5.74) is -0.0427. The van der Waals surface area contributed by atoms with Crippen molar-refractivity contribution in [3.05, 3.63) is 60.1 Å². The lowest BCUT2D eigenvalue weighted by Crippen LogP contribution is -2.55. The zero-order valence-corrected chi connectivity index (χ0v) is 16.9. The maximum absolute atomic E-state index is 14.6. The first-order valence-electron chi connectivity index (χ1n) is 9.93. The van der Waals surface area contributed by atoms with Crippen LogP contribution in [0.15, 0.2) is 48.8 Å². The summed E-state index contributed by atoms with van der Waals surface area (Å²) in [6.07, 6.45) is 6.07. The summed E-state index contributed by atoms with van der Waals surface area (Å²) in [5, 5.41) is 8.94. The monoisotopic (exact) mass is 425 g/mol. The molecule has 2 fully saturated rings. The number of methoxy groups -OCH3 is 1. The zero-order chi connectivity index (χ0) is 22.0. The van der Waals surface area contributed by atoms with Crippen molar-refractivity contribution >= 4 is 11.7 Å². The van der Waals surface area contributed by atoms with Gasteiger partial charge in [0.2, 0.25) is 5.91 Å². The molecule has 0 spiro atoms. The molecule has 2 aliphatic rings. The van der Waals surface area contributed by atoms with Gasteiger partial charge in [-0.2, -0.15) is 14.0 Å². The Morgan fingerprint density at radius 3 is 2.61 bits per heavy atom. The van der Waals surface area contributed by atoms with E-state index in [0.717, 1.165) is 24.7 Å². The number of ether oxygens (including phenoxy) is 1. The number of hydrogen-bond donors (Lipinski definition) is 0. The average Bonchev–Trinajstić information content (AvgIpc) is 3.06. The molecule has 2 atom stereocenters. The first kappa shape index (κ1) is 20.7. The number of halogens is 2. The number of rotatable bonds is 5. The average molecular weight is 425 g/mol. The van der Waals surface area contributed by atoms with Crippen LogP contribution in [-0.2, 0) is 10.7 Å². The Morgan fingerprint density at radius 2 is 2.00 bits per heavy atom. The van der Waals surface area contributed by atoms with Crippen LogP contribution in [-0.4, -0.2) is 53.1 Å². The number of hydrogen-bond acceptors (Lipinski definition) is 6. The fraction of sp³-hybridized carbons (Fsp3) is 0.364.